The van der Waals surface area contributed by atoms with Gasteiger partial charge in [0.2, 0.25) is 5.91 Å². The van der Waals surface area contributed by atoms with Crippen LogP contribution in [0.4, 0.5) is 4.39 Å². The monoisotopic (exact) mass is 383 g/mol. The normalized spacial score (nSPS) is 11.7. The number of carbonyl (C=O) groups is 3. The first kappa shape index (κ1) is 19.3. The van der Waals surface area contributed by atoms with Crippen LogP contribution in [0, 0.1) is 5.82 Å². The van der Waals surface area contributed by atoms with E-state index in [9.17, 15) is 23.9 Å². The molecule has 0 aliphatic rings. The minimum Gasteiger partial charge on any atom is -0.479 e. The minimum atomic E-state index is -1.51. The molecule has 0 bridgehead atoms. The summed E-state index contributed by atoms with van der Waals surface area (Å²) in [4.78, 5) is 36.6. The van der Waals surface area contributed by atoms with Crippen LogP contribution in [-0.4, -0.2) is 56.9 Å². The first-order valence-corrected chi connectivity index (χ1v) is 7.65. The van der Waals surface area contributed by atoms with Crippen molar-refractivity contribution in [2.24, 2.45) is 0 Å². The van der Waals surface area contributed by atoms with E-state index in [0.717, 1.165) is 10.7 Å². The van der Waals surface area contributed by atoms with Gasteiger partial charge in [0.15, 0.2) is 11.7 Å². The lowest BCUT2D eigenvalue weighted by Crippen LogP contribution is -2.34. The van der Waals surface area contributed by atoms with Gasteiger partial charge in [-0.2, -0.15) is 0 Å². The van der Waals surface area contributed by atoms with Crippen molar-refractivity contribution in [2.45, 2.75) is 12.6 Å². The molecule has 1 aromatic heterocycles. The quantitative estimate of drug-likeness (QED) is 0.758. The molecule has 0 aliphatic heterocycles. The van der Waals surface area contributed by atoms with E-state index >= 15 is 0 Å². The lowest BCUT2D eigenvalue weighted by Gasteiger charge is -2.14. The lowest BCUT2D eigenvalue weighted by molar-refractivity contribution is -0.139. The fourth-order valence-corrected chi connectivity index (χ4v) is 2.06. The van der Waals surface area contributed by atoms with Crippen LogP contribution in [0.5, 0.6) is 0 Å². The van der Waals surface area contributed by atoms with Gasteiger partial charge in [-0.05, 0) is 17.7 Å². The molecular formula is C15H15ClFN5O4. The van der Waals surface area contributed by atoms with Crippen molar-refractivity contribution >= 4 is 29.4 Å². The van der Waals surface area contributed by atoms with Crippen molar-refractivity contribution in [1.82, 2.24) is 25.2 Å². The standard InChI is InChI=1S/C15H15ClFN5O4/c1-21(2)12(23)7-22-6-11(19-20-22)14(24)18-13(15(25)26)8-3-4-9(16)10(17)5-8/h3-6,13H,7H2,1-2H3,(H,18,24)(H,25,26). The summed E-state index contributed by atoms with van der Waals surface area (Å²) in [6.07, 6.45) is 1.21. The Hall–Kier alpha value is -3.01. The van der Waals surface area contributed by atoms with Crippen molar-refractivity contribution in [3.8, 4) is 0 Å². The van der Waals surface area contributed by atoms with E-state index in [1.54, 1.807) is 14.1 Å². The highest BCUT2D eigenvalue weighted by Gasteiger charge is 2.25. The third-order valence-corrected chi connectivity index (χ3v) is 3.67. The van der Waals surface area contributed by atoms with Gasteiger partial charge in [0.05, 0.1) is 11.2 Å². The Labute approximate surface area is 152 Å². The third kappa shape index (κ3) is 4.54. The molecule has 1 atom stereocenters. The van der Waals surface area contributed by atoms with Gasteiger partial charge < -0.3 is 15.3 Å². The van der Waals surface area contributed by atoms with Gasteiger partial charge in [-0.1, -0.05) is 22.9 Å². The summed E-state index contributed by atoms with van der Waals surface area (Å²) in [5.74, 6) is -3.30. The number of carboxylic acids is 1. The summed E-state index contributed by atoms with van der Waals surface area (Å²) < 4.78 is 14.7. The lowest BCUT2D eigenvalue weighted by atomic mass is 10.1. The van der Waals surface area contributed by atoms with Gasteiger partial charge >= 0.3 is 5.97 Å². The van der Waals surface area contributed by atoms with E-state index in [2.05, 4.69) is 15.6 Å². The van der Waals surface area contributed by atoms with Gasteiger partial charge in [0.1, 0.15) is 12.4 Å². The van der Waals surface area contributed by atoms with Gasteiger partial charge in [-0.15, -0.1) is 5.10 Å². The zero-order valence-corrected chi connectivity index (χ0v) is 14.6. The number of likely N-dealkylation sites (N-methyl/N-ethyl adjacent to an activating group) is 1. The SMILES string of the molecule is CN(C)C(=O)Cn1cc(C(=O)NC(C(=O)O)c2ccc(Cl)c(F)c2)nn1. The Bertz CT molecular complexity index is 854. The van der Waals surface area contributed by atoms with E-state index in [1.807, 2.05) is 0 Å². The Morgan fingerprint density at radius 3 is 2.65 bits per heavy atom. The average molecular weight is 384 g/mol. The Morgan fingerprint density at radius 2 is 2.08 bits per heavy atom. The first-order chi connectivity index (χ1) is 12.2. The van der Waals surface area contributed by atoms with E-state index in [-0.39, 0.29) is 28.7 Å². The highest BCUT2D eigenvalue weighted by Crippen LogP contribution is 2.21. The molecule has 2 rings (SSSR count). The Morgan fingerprint density at radius 1 is 1.38 bits per heavy atom. The van der Waals surface area contributed by atoms with Crippen LogP contribution in [0.1, 0.15) is 22.1 Å². The maximum absolute atomic E-state index is 13.6. The number of rotatable bonds is 6. The third-order valence-electron chi connectivity index (χ3n) is 3.37. The minimum absolute atomic E-state index is 0.00271. The second-order valence-electron chi connectivity index (χ2n) is 5.51. The Balaban J connectivity index is 2.15. The molecular weight excluding hydrogens is 369 g/mol. The molecule has 0 saturated heterocycles. The predicted octanol–water partition coefficient (Wildman–Crippen LogP) is 0.715. The molecule has 1 unspecified atom stereocenters. The topological polar surface area (TPSA) is 117 Å². The summed E-state index contributed by atoms with van der Waals surface area (Å²) >= 11 is 5.57. The largest absolute Gasteiger partial charge is 0.479 e. The van der Waals surface area contributed by atoms with Crippen molar-refractivity contribution < 1.29 is 23.9 Å². The van der Waals surface area contributed by atoms with Gasteiger partial charge in [0, 0.05) is 14.1 Å². The molecule has 11 heteroatoms. The van der Waals surface area contributed by atoms with Crippen LogP contribution >= 0.6 is 11.6 Å². The molecule has 0 saturated carbocycles. The molecule has 0 fully saturated rings. The molecule has 2 N–H and O–H groups in total. The number of carboxylic acid groups (broad SMARTS) is 1. The van der Waals surface area contributed by atoms with Crippen LogP contribution in [0.3, 0.4) is 0 Å². The average Bonchev–Trinajstić information content (AvgIpc) is 3.03. The zero-order chi connectivity index (χ0) is 19.4. The number of nitrogens with one attached hydrogen (secondary N) is 1. The molecule has 0 spiro atoms. The van der Waals surface area contributed by atoms with Crippen molar-refractivity contribution in [2.75, 3.05) is 14.1 Å². The molecule has 0 aliphatic carbocycles. The number of carbonyl (C=O) groups excluding carboxylic acids is 2. The van der Waals surface area contributed by atoms with E-state index in [1.165, 1.54) is 23.2 Å². The number of aliphatic carboxylic acids is 1. The number of nitrogens with zero attached hydrogens (tertiary/aromatic N) is 4. The second kappa shape index (κ2) is 7.91. The molecule has 1 heterocycles. The van der Waals surface area contributed by atoms with Crippen LogP contribution < -0.4 is 5.32 Å². The summed E-state index contributed by atoms with van der Waals surface area (Å²) in [5, 5.41) is 18.6. The molecule has 9 nitrogen and oxygen atoms in total. The Kier molecular flexibility index (Phi) is 5.88. The molecule has 138 valence electrons. The van der Waals surface area contributed by atoms with Crippen molar-refractivity contribution in [3.05, 3.63) is 46.5 Å². The van der Waals surface area contributed by atoms with Gasteiger partial charge in [0.25, 0.3) is 5.91 Å². The first-order valence-electron chi connectivity index (χ1n) is 7.28. The van der Waals surface area contributed by atoms with Crippen LogP contribution in [0.25, 0.3) is 0 Å². The second-order valence-corrected chi connectivity index (χ2v) is 5.91. The maximum atomic E-state index is 13.6. The fraction of sp³-hybridized carbons (Fsp3) is 0.267. The smallest absolute Gasteiger partial charge is 0.330 e. The summed E-state index contributed by atoms with van der Waals surface area (Å²) in [7, 11) is 3.13. The molecule has 26 heavy (non-hydrogen) atoms. The van der Waals surface area contributed by atoms with Crippen LogP contribution in [0.15, 0.2) is 24.4 Å². The number of amides is 2. The zero-order valence-electron chi connectivity index (χ0n) is 13.8. The highest BCUT2D eigenvalue weighted by molar-refractivity contribution is 6.30. The molecule has 2 aromatic rings. The molecule has 0 radical (unpaired) electrons. The van der Waals surface area contributed by atoms with Crippen LogP contribution in [-0.2, 0) is 16.1 Å². The summed E-state index contributed by atoms with van der Waals surface area (Å²) in [6.45, 7) is -0.127. The fourth-order valence-electron chi connectivity index (χ4n) is 1.94. The van der Waals surface area contributed by atoms with Gasteiger partial charge in [-0.3, -0.25) is 9.59 Å². The maximum Gasteiger partial charge on any atom is 0.330 e. The number of hydrogen-bond donors (Lipinski definition) is 2. The number of benzene rings is 1. The molecule has 1 aromatic carbocycles. The summed E-state index contributed by atoms with van der Waals surface area (Å²) in [5.41, 5.74) is -0.180. The van der Waals surface area contributed by atoms with E-state index < -0.39 is 23.7 Å². The van der Waals surface area contributed by atoms with Gasteiger partial charge in [-0.25, -0.2) is 13.9 Å². The predicted molar refractivity (Wildman–Crippen MR) is 88.0 cm³/mol. The molecule has 2 amide bonds. The number of halogens is 2. The van der Waals surface area contributed by atoms with Crippen molar-refractivity contribution in [3.63, 3.8) is 0 Å². The number of hydrogen-bond acceptors (Lipinski definition) is 5. The van der Waals surface area contributed by atoms with E-state index in [4.69, 9.17) is 11.6 Å². The summed E-state index contributed by atoms with van der Waals surface area (Å²) in [6, 6.07) is 1.89. The van der Waals surface area contributed by atoms with Crippen LogP contribution in [0.2, 0.25) is 5.02 Å². The van der Waals surface area contributed by atoms with Crippen molar-refractivity contribution in [1.29, 1.82) is 0 Å². The number of aromatic nitrogens is 3. The van der Waals surface area contributed by atoms with E-state index in [0.29, 0.717) is 0 Å². The highest BCUT2D eigenvalue weighted by atomic mass is 35.5.